The molecule has 1 unspecified atom stereocenters. The number of aliphatic imine (C=N–C) groups is 1. The van der Waals surface area contributed by atoms with Gasteiger partial charge in [-0.1, -0.05) is 18.2 Å². The molecule has 0 aliphatic heterocycles. The van der Waals surface area contributed by atoms with Gasteiger partial charge in [0.15, 0.2) is 11.5 Å². The lowest BCUT2D eigenvalue weighted by atomic mass is 9.91. The van der Waals surface area contributed by atoms with Gasteiger partial charge >= 0.3 is 0 Å². The number of hydrogen-bond donors (Lipinski definition) is 0. The molecule has 2 rings (SSSR count). The highest BCUT2D eigenvalue weighted by molar-refractivity contribution is 5.47. The number of methoxy groups -OCH3 is 3. The summed E-state index contributed by atoms with van der Waals surface area (Å²) >= 11 is 0. The van der Waals surface area contributed by atoms with E-state index in [0.717, 1.165) is 16.9 Å². The van der Waals surface area contributed by atoms with Crippen molar-refractivity contribution in [3.8, 4) is 17.2 Å². The zero-order valence-corrected chi connectivity index (χ0v) is 13.4. The van der Waals surface area contributed by atoms with Crippen LogP contribution in [0.4, 0.5) is 0 Å². The van der Waals surface area contributed by atoms with Crippen molar-refractivity contribution in [3.05, 3.63) is 53.6 Å². The van der Waals surface area contributed by atoms with E-state index in [1.807, 2.05) is 42.5 Å². The van der Waals surface area contributed by atoms with Crippen molar-refractivity contribution < 1.29 is 19.0 Å². The third kappa shape index (κ3) is 3.90. The van der Waals surface area contributed by atoms with Gasteiger partial charge in [0.2, 0.25) is 6.08 Å². The van der Waals surface area contributed by atoms with E-state index in [4.69, 9.17) is 14.2 Å². The van der Waals surface area contributed by atoms with Gasteiger partial charge in [-0.3, -0.25) is 0 Å². The smallest absolute Gasteiger partial charge is 0.234 e. The lowest BCUT2D eigenvalue weighted by Crippen LogP contribution is -2.06. The molecule has 1 atom stereocenters. The fourth-order valence-corrected chi connectivity index (χ4v) is 2.44. The van der Waals surface area contributed by atoms with Gasteiger partial charge in [0, 0.05) is 5.92 Å². The first-order chi connectivity index (χ1) is 11.2. The molecule has 0 aromatic heterocycles. The lowest BCUT2D eigenvalue weighted by Gasteiger charge is -2.17. The molecular formula is C18H19NO4. The first kappa shape index (κ1) is 16.6. The van der Waals surface area contributed by atoms with Crippen LogP contribution in [0, 0.1) is 0 Å². The summed E-state index contributed by atoms with van der Waals surface area (Å²) in [5, 5.41) is 0. The Kier molecular flexibility index (Phi) is 5.78. The summed E-state index contributed by atoms with van der Waals surface area (Å²) in [6, 6.07) is 13.4. The van der Waals surface area contributed by atoms with Crippen LogP contribution < -0.4 is 14.2 Å². The highest BCUT2D eigenvalue weighted by Crippen LogP contribution is 2.34. The topological polar surface area (TPSA) is 57.1 Å². The van der Waals surface area contributed by atoms with Gasteiger partial charge < -0.3 is 14.2 Å². The Bertz CT molecular complexity index is 691. The Balaban J connectivity index is 2.42. The molecule has 0 saturated carbocycles. The Morgan fingerprint density at radius 3 is 2.13 bits per heavy atom. The minimum Gasteiger partial charge on any atom is -0.497 e. The van der Waals surface area contributed by atoms with Crippen LogP contribution in [0.15, 0.2) is 47.5 Å². The van der Waals surface area contributed by atoms with Gasteiger partial charge in [-0.2, -0.15) is 0 Å². The van der Waals surface area contributed by atoms with Gasteiger partial charge in [0.05, 0.1) is 27.9 Å². The molecule has 2 aromatic rings. The van der Waals surface area contributed by atoms with Gasteiger partial charge in [-0.25, -0.2) is 9.79 Å². The van der Waals surface area contributed by atoms with E-state index in [9.17, 15) is 4.79 Å². The third-order valence-electron chi connectivity index (χ3n) is 3.67. The second-order valence-corrected chi connectivity index (χ2v) is 4.87. The Morgan fingerprint density at radius 1 is 0.913 bits per heavy atom. The van der Waals surface area contributed by atoms with Crippen LogP contribution in [0.2, 0.25) is 0 Å². The maximum Gasteiger partial charge on any atom is 0.234 e. The number of nitrogens with zero attached hydrogens (tertiary/aromatic N) is 1. The van der Waals surface area contributed by atoms with Crippen molar-refractivity contribution in [2.45, 2.75) is 5.92 Å². The van der Waals surface area contributed by atoms with Crippen LogP contribution in [0.25, 0.3) is 0 Å². The maximum absolute atomic E-state index is 10.5. The molecule has 0 radical (unpaired) electrons. The van der Waals surface area contributed by atoms with E-state index in [1.54, 1.807) is 27.4 Å². The van der Waals surface area contributed by atoms with Crippen molar-refractivity contribution in [3.63, 3.8) is 0 Å². The van der Waals surface area contributed by atoms with Crippen LogP contribution in [0.1, 0.15) is 17.0 Å². The minimum atomic E-state index is -0.0813. The summed E-state index contributed by atoms with van der Waals surface area (Å²) in [6.07, 6.45) is 1.61. The molecule has 5 heteroatoms. The third-order valence-corrected chi connectivity index (χ3v) is 3.67. The largest absolute Gasteiger partial charge is 0.497 e. The van der Waals surface area contributed by atoms with Gasteiger partial charge in [0.25, 0.3) is 0 Å². The summed E-state index contributed by atoms with van der Waals surface area (Å²) in [5.41, 5.74) is 2.00. The molecule has 0 spiro atoms. The standard InChI is InChI=1S/C18H19NO4/c1-21-15-7-4-13(5-8-15)16(11-19-12-20)14-6-9-17(22-2)18(10-14)23-3/h4-10,16H,11H2,1-3H3. The number of benzene rings is 2. The van der Waals surface area contributed by atoms with Crippen molar-refractivity contribution in [1.29, 1.82) is 0 Å². The lowest BCUT2D eigenvalue weighted by molar-refractivity contribution is 0.354. The molecule has 0 amide bonds. The molecule has 23 heavy (non-hydrogen) atoms. The molecule has 0 saturated heterocycles. The van der Waals surface area contributed by atoms with Crippen molar-refractivity contribution in [2.24, 2.45) is 4.99 Å². The first-order valence-electron chi connectivity index (χ1n) is 7.13. The summed E-state index contributed by atoms with van der Waals surface area (Å²) < 4.78 is 15.8. The van der Waals surface area contributed by atoms with E-state index in [1.165, 1.54) is 0 Å². The van der Waals surface area contributed by atoms with Crippen molar-refractivity contribution in [1.82, 2.24) is 0 Å². The summed E-state index contributed by atoms with van der Waals surface area (Å²) in [7, 11) is 4.81. The van der Waals surface area contributed by atoms with E-state index >= 15 is 0 Å². The fourth-order valence-electron chi connectivity index (χ4n) is 2.44. The Morgan fingerprint density at radius 2 is 1.57 bits per heavy atom. The van der Waals surface area contributed by atoms with Crippen LogP contribution in [0.3, 0.4) is 0 Å². The number of rotatable bonds is 7. The summed E-state index contributed by atoms with van der Waals surface area (Å²) in [5.74, 6) is 1.99. The maximum atomic E-state index is 10.5. The highest BCUT2D eigenvalue weighted by atomic mass is 16.5. The molecule has 0 N–H and O–H groups in total. The molecule has 2 aromatic carbocycles. The predicted octanol–water partition coefficient (Wildman–Crippen LogP) is 3.18. The van der Waals surface area contributed by atoms with Gasteiger partial charge in [-0.05, 0) is 35.4 Å². The Labute approximate surface area is 135 Å². The molecule has 0 bridgehead atoms. The van der Waals surface area contributed by atoms with Gasteiger partial charge in [0.1, 0.15) is 5.75 Å². The van der Waals surface area contributed by atoms with Crippen molar-refractivity contribution >= 4 is 6.08 Å². The molecular weight excluding hydrogens is 294 g/mol. The normalized spacial score (nSPS) is 11.3. The van der Waals surface area contributed by atoms with E-state index in [0.29, 0.717) is 18.0 Å². The fraction of sp³-hybridized carbons (Fsp3) is 0.278. The SMILES string of the molecule is COc1ccc(C(CN=C=O)c2ccc(OC)c(OC)c2)cc1. The van der Waals surface area contributed by atoms with Crippen LogP contribution in [0.5, 0.6) is 17.2 Å². The molecule has 0 aliphatic carbocycles. The Hall–Kier alpha value is -2.78. The summed E-state index contributed by atoms with van der Waals surface area (Å²) in [4.78, 5) is 14.3. The quantitative estimate of drug-likeness (QED) is 0.582. The van der Waals surface area contributed by atoms with E-state index < -0.39 is 0 Å². The molecule has 0 heterocycles. The number of ether oxygens (including phenoxy) is 3. The monoisotopic (exact) mass is 313 g/mol. The van der Waals surface area contributed by atoms with E-state index in [-0.39, 0.29) is 5.92 Å². The minimum absolute atomic E-state index is 0.0813. The number of isocyanates is 1. The van der Waals surface area contributed by atoms with Crippen LogP contribution in [-0.4, -0.2) is 34.0 Å². The average molecular weight is 313 g/mol. The molecule has 5 nitrogen and oxygen atoms in total. The second-order valence-electron chi connectivity index (χ2n) is 4.87. The van der Waals surface area contributed by atoms with Gasteiger partial charge in [-0.15, -0.1) is 0 Å². The highest BCUT2D eigenvalue weighted by Gasteiger charge is 2.16. The molecule has 0 aliphatic rings. The zero-order valence-electron chi connectivity index (χ0n) is 13.4. The predicted molar refractivity (Wildman–Crippen MR) is 87.4 cm³/mol. The van der Waals surface area contributed by atoms with Crippen LogP contribution >= 0.6 is 0 Å². The summed E-state index contributed by atoms with van der Waals surface area (Å²) in [6.45, 7) is 0.311. The van der Waals surface area contributed by atoms with Crippen molar-refractivity contribution in [2.75, 3.05) is 27.9 Å². The average Bonchev–Trinajstić information content (AvgIpc) is 2.62. The van der Waals surface area contributed by atoms with Crippen LogP contribution in [-0.2, 0) is 4.79 Å². The molecule has 0 fully saturated rings. The second kappa shape index (κ2) is 8.01. The van der Waals surface area contributed by atoms with E-state index in [2.05, 4.69) is 4.99 Å². The number of carbonyl (C=O) groups excluding carboxylic acids is 1. The molecule has 120 valence electrons. The number of hydrogen-bond acceptors (Lipinski definition) is 5. The zero-order chi connectivity index (χ0) is 16.7. The first-order valence-corrected chi connectivity index (χ1v) is 7.13.